The number of hydrogen-bond donors (Lipinski definition) is 0. The van der Waals surface area contributed by atoms with Crippen molar-refractivity contribution in [3.8, 4) is 5.75 Å². The fourth-order valence-electron chi connectivity index (χ4n) is 2.03. The Bertz CT molecular complexity index is 426. The summed E-state index contributed by atoms with van der Waals surface area (Å²) in [7, 11) is 1.64. The molecule has 0 spiro atoms. The molecule has 2 rings (SSSR count). The van der Waals surface area contributed by atoms with Gasteiger partial charge in [0.25, 0.3) is 0 Å². The molecule has 1 aromatic carbocycles. The van der Waals surface area contributed by atoms with Crippen molar-refractivity contribution in [2.45, 2.75) is 32.0 Å². The van der Waals surface area contributed by atoms with Crippen LogP contribution in [0.1, 0.15) is 19.4 Å². The van der Waals surface area contributed by atoms with Crippen molar-refractivity contribution in [1.82, 2.24) is 0 Å². The second kappa shape index (κ2) is 4.98. The number of epoxide rings is 1. The van der Waals surface area contributed by atoms with Gasteiger partial charge in [-0.15, -0.1) is 0 Å². The average Bonchev–Trinajstić information content (AvgIpc) is 3.02. The van der Waals surface area contributed by atoms with Crippen molar-refractivity contribution in [2.24, 2.45) is 0 Å². The molecule has 0 aliphatic carbocycles. The first-order chi connectivity index (χ1) is 8.59. The fourth-order valence-corrected chi connectivity index (χ4v) is 2.03. The Hall–Kier alpha value is -1.55. The van der Waals surface area contributed by atoms with Crippen LogP contribution >= 0.6 is 0 Å². The third kappa shape index (κ3) is 2.64. The Labute approximate surface area is 107 Å². The van der Waals surface area contributed by atoms with Crippen LogP contribution in [0, 0.1) is 0 Å². The van der Waals surface area contributed by atoms with Gasteiger partial charge in [0.1, 0.15) is 11.4 Å². The molecule has 1 heterocycles. The molecule has 2 atom stereocenters. The van der Waals surface area contributed by atoms with Crippen molar-refractivity contribution in [3.63, 3.8) is 0 Å². The molecular weight excluding hydrogens is 232 g/mol. The number of rotatable bonds is 5. The van der Waals surface area contributed by atoms with Crippen LogP contribution in [0.4, 0.5) is 0 Å². The van der Waals surface area contributed by atoms with Crippen molar-refractivity contribution in [2.75, 3.05) is 13.7 Å². The summed E-state index contributed by atoms with van der Waals surface area (Å²) in [6.07, 6.45) is 0.264. The quantitative estimate of drug-likeness (QED) is 0.592. The lowest BCUT2D eigenvalue weighted by Crippen LogP contribution is -2.22. The average molecular weight is 250 g/mol. The summed E-state index contributed by atoms with van der Waals surface area (Å²) in [6.45, 7) is 4.11. The smallest absolute Gasteiger partial charge is 0.338 e. The molecule has 98 valence electrons. The van der Waals surface area contributed by atoms with E-state index in [0.29, 0.717) is 13.0 Å². The van der Waals surface area contributed by atoms with Crippen LogP contribution in [-0.4, -0.2) is 31.4 Å². The van der Waals surface area contributed by atoms with E-state index >= 15 is 0 Å². The molecule has 0 radical (unpaired) electrons. The van der Waals surface area contributed by atoms with Gasteiger partial charge in [0, 0.05) is 6.42 Å². The molecule has 1 aliphatic rings. The summed E-state index contributed by atoms with van der Waals surface area (Å²) in [5, 5.41) is 0. The van der Waals surface area contributed by atoms with E-state index in [-0.39, 0.29) is 5.97 Å². The van der Waals surface area contributed by atoms with E-state index in [9.17, 15) is 4.79 Å². The second-order valence-corrected chi connectivity index (χ2v) is 4.59. The first kappa shape index (κ1) is 12.9. The number of carbonyl (C=O) groups is 1. The highest BCUT2D eigenvalue weighted by atomic mass is 16.7. The zero-order chi connectivity index (χ0) is 13.2. The molecular formula is C14H18O4. The van der Waals surface area contributed by atoms with Crippen LogP contribution in [-0.2, 0) is 20.7 Å². The van der Waals surface area contributed by atoms with Crippen molar-refractivity contribution in [3.05, 3.63) is 29.8 Å². The van der Waals surface area contributed by atoms with Gasteiger partial charge in [-0.2, -0.15) is 0 Å². The zero-order valence-electron chi connectivity index (χ0n) is 10.9. The van der Waals surface area contributed by atoms with Gasteiger partial charge in [-0.05, 0) is 31.5 Å². The maximum atomic E-state index is 11.5. The molecule has 1 saturated heterocycles. The van der Waals surface area contributed by atoms with Crippen molar-refractivity contribution in [1.29, 1.82) is 0 Å². The largest absolute Gasteiger partial charge is 0.497 e. The topological polar surface area (TPSA) is 48.1 Å². The van der Waals surface area contributed by atoms with Gasteiger partial charge in [0.15, 0.2) is 6.10 Å². The van der Waals surface area contributed by atoms with E-state index in [0.717, 1.165) is 11.3 Å². The van der Waals surface area contributed by atoms with E-state index in [1.54, 1.807) is 14.0 Å². The van der Waals surface area contributed by atoms with Gasteiger partial charge in [0.05, 0.1) is 13.7 Å². The Morgan fingerprint density at radius 3 is 2.61 bits per heavy atom. The number of hydrogen-bond acceptors (Lipinski definition) is 4. The van der Waals surface area contributed by atoms with Crippen LogP contribution in [0.2, 0.25) is 0 Å². The van der Waals surface area contributed by atoms with Crippen LogP contribution < -0.4 is 4.74 Å². The highest BCUT2D eigenvalue weighted by Crippen LogP contribution is 2.40. The van der Waals surface area contributed by atoms with Gasteiger partial charge in [0.2, 0.25) is 0 Å². The maximum absolute atomic E-state index is 11.5. The summed E-state index contributed by atoms with van der Waals surface area (Å²) in [5.74, 6) is 0.552. The van der Waals surface area contributed by atoms with Gasteiger partial charge >= 0.3 is 5.97 Å². The molecule has 1 aliphatic heterocycles. The first-order valence-corrected chi connectivity index (χ1v) is 6.06. The lowest BCUT2D eigenvalue weighted by Gasteiger charge is -2.07. The van der Waals surface area contributed by atoms with Gasteiger partial charge in [-0.3, -0.25) is 0 Å². The van der Waals surface area contributed by atoms with Gasteiger partial charge in [-0.1, -0.05) is 12.1 Å². The number of methoxy groups -OCH3 is 1. The molecule has 4 heteroatoms. The predicted octanol–water partition coefficient (Wildman–Crippen LogP) is 1.96. The fraction of sp³-hybridized carbons (Fsp3) is 0.500. The Balaban J connectivity index is 1.95. The lowest BCUT2D eigenvalue weighted by molar-refractivity contribution is -0.144. The minimum atomic E-state index is -0.431. The minimum absolute atomic E-state index is 0.270. The summed E-state index contributed by atoms with van der Waals surface area (Å²) in [6, 6.07) is 7.77. The normalized spacial score (nSPS) is 25.6. The molecule has 18 heavy (non-hydrogen) atoms. The molecule has 0 amide bonds. The van der Waals surface area contributed by atoms with Crippen LogP contribution in [0.25, 0.3) is 0 Å². The summed E-state index contributed by atoms with van der Waals surface area (Å²) in [4.78, 5) is 11.5. The molecule has 4 nitrogen and oxygen atoms in total. The molecule has 0 bridgehead atoms. The molecule has 1 fully saturated rings. The summed E-state index contributed by atoms with van der Waals surface area (Å²) < 4.78 is 15.5. The number of benzene rings is 1. The zero-order valence-corrected chi connectivity index (χ0v) is 10.9. The SMILES string of the molecule is CCOC(=O)C1OC1(C)Cc1ccc(OC)cc1. The maximum Gasteiger partial charge on any atom is 0.338 e. The Morgan fingerprint density at radius 1 is 1.39 bits per heavy atom. The van der Waals surface area contributed by atoms with Crippen molar-refractivity contribution >= 4 is 5.97 Å². The third-order valence-corrected chi connectivity index (χ3v) is 3.10. The Morgan fingerprint density at radius 2 is 2.06 bits per heavy atom. The Kier molecular flexibility index (Phi) is 3.57. The molecule has 0 aromatic heterocycles. The molecule has 0 N–H and O–H groups in total. The number of ether oxygens (including phenoxy) is 3. The van der Waals surface area contributed by atoms with Crippen molar-refractivity contribution < 1.29 is 19.0 Å². The monoisotopic (exact) mass is 250 g/mol. The second-order valence-electron chi connectivity index (χ2n) is 4.59. The van der Waals surface area contributed by atoms with E-state index in [4.69, 9.17) is 14.2 Å². The van der Waals surface area contributed by atoms with E-state index in [1.807, 2.05) is 31.2 Å². The van der Waals surface area contributed by atoms with Crippen LogP contribution in [0.3, 0.4) is 0 Å². The number of esters is 1. The molecule has 2 unspecified atom stereocenters. The summed E-state index contributed by atoms with van der Waals surface area (Å²) in [5.41, 5.74) is 0.686. The minimum Gasteiger partial charge on any atom is -0.497 e. The van der Waals surface area contributed by atoms with Gasteiger partial charge < -0.3 is 14.2 Å². The molecule has 1 aromatic rings. The standard InChI is InChI=1S/C14H18O4/c1-4-17-13(15)12-14(2,18-12)9-10-5-7-11(16-3)8-6-10/h5-8,12H,4,9H2,1-3H3. The highest BCUT2D eigenvalue weighted by molar-refractivity contribution is 5.79. The number of carbonyl (C=O) groups excluding carboxylic acids is 1. The molecule has 0 saturated carbocycles. The van der Waals surface area contributed by atoms with Gasteiger partial charge in [-0.25, -0.2) is 4.79 Å². The van der Waals surface area contributed by atoms with E-state index in [1.165, 1.54) is 0 Å². The van der Waals surface area contributed by atoms with E-state index in [2.05, 4.69) is 0 Å². The predicted molar refractivity (Wildman–Crippen MR) is 66.6 cm³/mol. The first-order valence-electron chi connectivity index (χ1n) is 6.06. The highest BCUT2D eigenvalue weighted by Gasteiger charge is 2.57. The van der Waals surface area contributed by atoms with Crippen LogP contribution in [0.15, 0.2) is 24.3 Å². The summed E-state index contributed by atoms with van der Waals surface area (Å²) >= 11 is 0. The third-order valence-electron chi connectivity index (χ3n) is 3.10. The lowest BCUT2D eigenvalue weighted by atomic mass is 9.98. The van der Waals surface area contributed by atoms with Crippen LogP contribution in [0.5, 0.6) is 5.75 Å². The van der Waals surface area contributed by atoms with E-state index < -0.39 is 11.7 Å².